The lowest BCUT2D eigenvalue weighted by Gasteiger charge is -2.17. The van der Waals surface area contributed by atoms with Crippen molar-refractivity contribution in [1.82, 2.24) is 5.32 Å². The summed E-state index contributed by atoms with van der Waals surface area (Å²) in [5, 5.41) is 24.8. The Morgan fingerprint density at radius 3 is 2.72 bits per heavy atom. The van der Waals surface area contributed by atoms with Crippen LogP contribution < -0.4 is 10.6 Å². The van der Waals surface area contributed by atoms with E-state index in [1.54, 1.807) is 24.3 Å². The molecule has 7 heteroatoms. The van der Waals surface area contributed by atoms with Crippen molar-refractivity contribution in [2.24, 2.45) is 0 Å². The Morgan fingerprint density at radius 1 is 1.19 bits per heavy atom. The van der Waals surface area contributed by atoms with E-state index < -0.39 is 6.10 Å². The van der Waals surface area contributed by atoms with E-state index in [9.17, 15) is 14.3 Å². The van der Waals surface area contributed by atoms with E-state index >= 15 is 0 Å². The fourth-order valence-corrected chi connectivity index (χ4v) is 3.84. The first-order chi connectivity index (χ1) is 15.5. The number of cyclic esters (lactones) is 1. The summed E-state index contributed by atoms with van der Waals surface area (Å²) in [6, 6.07) is 15.2. The third-order valence-electron chi connectivity index (χ3n) is 5.63. The molecule has 0 aliphatic carbocycles. The number of halogens is 1. The smallest absolute Gasteiger partial charge is 0.338 e. The van der Waals surface area contributed by atoms with Crippen LogP contribution in [0, 0.1) is 18.2 Å². The molecule has 0 radical (unpaired) electrons. The Bertz CT molecular complexity index is 1160. The van der Waals surface area contributed by atoms with Gasteiger partial charge in [-0.25, -0.2) is 9.18 Å². The van der Waals surface area contributed by atoms with Crippen molar-refractivity contribution in [2.75, 3.05) is 11.9 Å². The molecule has 32 heavy (non-hydrogen) atoms. The van der Waals surface area contributed by atoms with Crippen LogP contribution in [0.15, 0.2) is 54.6 Å². The second-order valence-corrected chi connectivity index (χ2v) is 7.73. The van der Waals surface area contributed by atoms with Gasteiger partial charge in [-0.05, 0) is 66.1 Å². The highest BCUT2D eigenvalue weighted by Crippen LogP contribution is 2.29. The lowest BCUT2D eigenvalue weighted by atomic mass is 9.95. The summed E-state index contributed by atoms with van der Waals surface area (Å²) in [5.41, 5.74) is 6.21. The molecule has 0 bridgehead atoms. The molecule has 1 aliphatic heterocycles. The number of carbonyl (C=O) groups excluding carboxylic acids is 1. The Morgan fingerprint density at radius 2 is 1.97 bits per heavy atom. The summed E-state index contributed by atoms with van der Waals surface area (Å²) >= 11 is 0. The molecule has 0 saturated carbocycles. The van der Waals surface area contributed by atoms with Crippen LogP contribution in [0.4, 0.5) is 15.8 Å². The van der Waals surface area contributed by atoms with Crippen LogP contribution in [-0.4, -0.2) is 23.8 Å². The summed E-state index contributed by atoms with van der Waals surface area (Å²) in [6.07, 6.45) is 0.541. The average molecular weight is 433 g/mol. The highest BCUT2D eigenvalue weighted by Gasteiger charge is 2.25. The molecule has 0 saturated heterocycles. The molecule has 1 aliphatic rings. The summed E-state index contributed by atoms with van der Waals surface area (Å²) < 4.78 is 18.2. The number of ether oxygens (including phenoxy) is 1. The second-order valence-electron chi connectivity index (χ2n) is 7.73. The maximum Gasteiger partial charge on any atom is 0.338 e. The molecular formula is C25H24FN3O3. The van der Waals surface area contributed by atoms with E-state index in [1.165, 1.54) is 18.3 Å². The van der Waals surface area contributed by atoms with Crippen LogP contribution in [0.3, 0.4) is 0 Å². The summed E-state index contributed by atoms with van der Waals surface area (Å²) in [7, 11) is 0. The van der Waals surface area contributed by atoms with Crippen molar-refractivity contribution < 1.29 is 19.0 Å². The molecule has 4 N–H and O–H groups in total. The zero-order valence-corrected chi connectivity index (χ0v) is 17.6. The Kier molecular flexibility index (Phi) is 6.30. The molecule has 3 aromatic rings. The first-order valence-electron chi connectivity index (χ1n) is 10.3. The number of hydrogen-bond acceptors (Lipinski definition) is 6. The van der Waals surface area contributed by atoms with Crippen LogP contribution >= 0.6 is 0 Å². The molecular weight excluding hydrogens is 409 g/mol. The minimum absolute atomic E-state index is 0.249. The summed E-state index contributed by atoms with van der Waals surface area (Å²) in [4.78, 5) is 11.7. The number of carbonyl (C=O) groups is 1. The maximum absolute atomic E-state index is 13.1. The van der Waals surface area contributed by atoms with Gasteiger partial charge in [-0.3, -0.25) is 0 Å². The SMILES string of the molecule is Cc1c(C(O)CNCc2ccc(Nc3ccc(F)cc3)c(C=N)c2)ccc2c1COC2=O. The zero-order chi connectivity index (χ0) is 22.7. The monoisotopic (exact) mass is 433 g/mol. The molecule has 0 spiro atoms. The average Bonchev–Trinajstić information content (AvgIpc) is 3.18. The zero-order valence-electron chi connectivity index (χ0n) is 17.6. The first kappa shape index (κ1) is 21.7. The predicted octanol–water partition coefficient (Wildman–Crippen LogP) is 4.37. The minimum atomic E-state index is -0.724. The molecule has 4 rings (SSSR count). The van der Waals surface area contributed by atoms with Crippen molar-refractivity contribution in [3.63, 3.8) is 0 Å². The van der Waals surface area contributed by atoms with Crippen LogP contribution in [0.25, 0.3) is 0 Å². The number of nitrogens with one attached hydrogen (secondary N) is 3. The molecule has 0 amide bonds. The highest BCUT2D eigenvalue weighted by molar-refractivity contribution is 5.94. The van der Waals surface area contributed by atoms with Crippen LogP contribution in [0.2, 0.25) is 0 Å². The summed E-state index contributed by atoms with van der Waals surface area (Å²) in [5.74, 6) is -0.620. The lowest BCUT2D eigenvalue weighted by Crippen LogP contribution is -2.22. The van der Waals surface area contributed by atoms with Gasteiger partial charge >= 0.3 is 5.97 Å². The quantitative estimate of drug-likeness (QED) is 0.313. The van der Waals surface area contributed by atoms with Gasteiger partial charge in [-0.15, -0.1) is 0 Å². The fraction of sp³-hybridized carbons (Fsp3) is 0.200. The van der Waals surface area contributed by atoms with Gasteiger partial charge in [-0.1, -0.05) is 12.1 Å². The Labute approximate surface area is 185 Å². The fourth-order valence-electron chi connectivity index (χ4n) is 3.84. The number of aliphatic hydroxyl groups excluding tert-OH is 1. The van der Waals surface area contributed by atoms with Crippen LogP contribution in [-0.2, 0) is 17.9 Å². The van der Waals surface area contributed by atoms with E-state index in [2.05, 4.69) is 10.6 Å². The van der Waals surface area contributed by atoms with Gasteiger partial charge in [0.05, 0.1) is 11.7 Å². The molecule has 1 atom stereocenters. The van der Waals surface area contributed by atoms with Gasteiger partial charge in [0.2, 0.25) is 0 Å². The van der Waals surface area contributed by atoms with Crippen molar-refractivity contribution in [1.29, 1.82) is 5.41 Å². The van der Waals surface area contributed by atoms with Gasteiger partial charge in [0.25, 0.3) is 0 Å². The van der Waals surface area contributed by atoms with Crippen LogP contribution in [0.5, 0.6) is 0 Å². The van der Waals surface area contributed by atoms with E-state index in [-0.39, 0.29) is 18.4 Å². The van der Waals surface area contributed by atoms with E-state index in [4.69, 9.17) is 10.1 Å². The number of aliphatic hydroxyl groups is 1. The third kappa shape index (κ3) is 4.54. The normalized spacial score (nSPS) is 13.4. The molecule has 1 heterocycles. The van der Waals surface area contributed by atoms with Gasteiger partial charge in [0, 0.05) is 41.8 Å². The molecule has 164 valence electrons. The number of anilines is 2. The van der Waals surface area contributed by atoms with Crippen molar-refractivity contribution in [3.05, 3.63) is 93.8 Å². The third-order valence-corrected chi connectivity index (χ3v) is 5.63. The number of esters is 1. The molecule has 1 unspecified atom stereocenters. The topological polar surface area (TPSA) is 94.4 Å². The molecule has 3 aromatic carbocycles. The molecule has 0 aromatic heterocycles. The van der Waals surface area contributed by atoms with Crippen LogP contribution in [0.1, 0.15) is 44.3 Å². The number of fused-ring (bicyclic) bond motifs is 1. The van der Waals surface area contributed by atoms with Crippen molar-refractivity contribution >= 4 is 23.6 Å². The minimum Gasteiger partial charge on any atom is -0.457 e. The first-order valence-corrected chi connectivity index (χ1v) is 10.3. The predicted molar refractivity (Wildman–Crippen MR) is 121 cm³/mol. The maximum atomic E-state index is 13.1. The highest BCUT2D eigenvalue weighted by atomic mass is 19.1. The number of hydrogen-bond donors (Lipinski definition) is 4. The van der Waals surface area contributed by atoms with Gasteiger partial charge in [0.1, 0.15) is 12.4 Å². The molecule has 0 fully saturated rings. The van der Waals surface area contributed by atoms with Crippen molar-refractivity contribution in [2.45, 2.75) is 26.2 Å². The van der Waals surface area contributed by atoms with Crippen molar-refractivity contribution in [3.8, 4) is 0 Å². The Balaban J connectivity index is 1.38. The lowest BCUT2D eigenvalue weighted by molar-refractivity contribution is 0.0535. The standard InChI is InChI=1S/C25H24FN3O3/c1-15-20(7-8-21-22(15)14-32-25(21)31)24(30)13-28-12-16-2-9-23(17(10-16)11-27)29-19-5-3-18(26)4-6-19/h2-11,24,27-30H,12-14H2,1H3. The summed E-state index contributed by atoms with van der Waals surface area (Å²) in [6.45, 7) is 2.99. The van der Waals surface area contributed by atoms with E-state index in [0.717, 1.165) is 33.6 Å². The van der Waals surface area contributed by atoms with Gasteiger partial charge in [-0.2, -0.15) is 0 Å². The largest absolute Gasteiger partial charge is 0.457 e. The number of rotatable bonds is 8. The van der Waals surface area contributed by atoms with E-state index in [1.807, 2.05) is 25.1 Å². The van der Waals surface area contributed by atoms with Gasteiger partial charge in [0.15, 0.2) is 0 Å². The second kappa shape index (κ2) is 9.30. The number of benzene rings is 3. The Hall–Kier alpha value is -3.55. The van der Waals surface area contributed by atoms with E-state index in [0.29, 0.717) is 24.2 Å². The molecule has 6 nitrogen and oxygen atoms in total. The van der Waals surface area contributed by atoms with Gasteiger partial charge < -0.3 is 25.9 Å².